The second-order valence-electron chi connectivity index (χ2n) is 3.58. The average Bonchev–Trinajstić information content (AvgIpc) is 2.35. The number of hydrogen-bond acceptors (Lipinski definition) is 3. The molecule has 0 aliphatic rings. The maximum atomic E-state index is 11.7. The number of ether oxygens (including phenoxy) is 1. The van der Waals surface area contributed by atoms with E-state index < -0.39 is 0 Å². The summed E-state index contributed by atoms with van der Waals surface area (Å²) in [7, 11) is 1.59. The van der Waals surface area contributed by atoms with Crippen LogP contribution in [0.2, 0.25) is 0 Å². The fourth-order valence-electron chi connectivity index (χ4n) is 1.59. The Bertz CT molecular complexity index is 508. The van der Waals surface area contributed by atoms with Gasteiger partial charge in [0, 0.05) is 30.7 Å². The molecule has 0 saturated carbocycles. The number of rotatable bonds is 4. The number of carbonyl (C=O) groups is 1. The number of pyridine rings is 1. The Balaban J connectivity index is 2.28. The zero-order valence-corrected chi connectivity index (χ0v) is 9.14. The van der Waals surface area contributed by atoms with Gasteiger partial charge in [-0.1, -0.05) is 6.07 Å². The topological polar surface area (TPSA) is 39.2 Å². The molecule has 0 N–H and O–H groups in total. The van der Waals surface area contributed by atoms with E-state index in [2.05, 4.69) is 4.98 Å². The number of ketones is 1. The normalized spacial score (nSPS) is 10.6. The van der Waals surface area contributed by atoms with Crippen molar-refractivity contribution in [1.82, 2.24) is 4.98 Å². The lowest BCUT2D eigenvalue weighted by Crippen LogP contribution is -2.03. The van der Waals surface area contributed by atoms with Gasteiger partial charge in [0.1, 0.15) is 0 Å². The largest absolute Gasteiger partial charge is 0.384 e. The summed E-state index contributed by atoms with van der Waals surface area (Å²) in [5, 5.41) is 0.991. The SMILES string of the molecule is COCCC(=O)c1ccc2ncccc2c1. The van der Waals surface area contributed by atoms with Crippen molar-refractivity contribution in [3.05, 3.63) is 42.1 Å². The van der Waals surface area contributed by atoms with Crippen molar-refractivity contribution < 1.29 is 9.53 Å². The van der Waals surface area contributed by atoms with Crippen LogP contribution in [0.3, 0.4) is 0 Å². The van der Waals surface area contributed by atoms with E-state index in [9.17, 15) is 4.79 Å². The van der Waals surface area contributed by atoms with Gasteiger partial charge in [-0.15, -0.1) is 0 Å². The summed E-state index contributed by atoms with van der Waals surface area (Å²) in [4.78, 5) is 16.0. The van der Waals surface area contributed by atoms with Crippen LogP contribution in [0.4, 0.5) is 0 Å². The average molecular weight is 215 g/mol. The van der Waals surface area contributed by atoms with Gasteiger partial charge >= 0.3 is 0 Å². The highest BCUT2D eigenvalue weighted by Gasteiger charge is 2.06. The molecule has 0 saturated heterocycles. The number of Topliss-reactive ketones (excluding diaryl/α,β-unsaturated/α-hetero) is 1. The summed E-state index contributed by atoms with van der Waals surface area (Å²) in [6.07, 6.45) is 2.16. The fourth-order valence-corrected chi connectivity index (χ4v) is 1.59. The van der Waals surface area contributed by atoms with Crippen LogP contribution in [0.1, 0.15) is 16.8 Å². The number of fused-ring (bicyclic) bond motifs is 1. The number of nitrogens with zero attached hydrogens (tertiary/aromatic N) is 1. The molecule has 1 aromatic carbocycles. The number of aromatic nitrogens is 1. The minimum absolute atomic E-state index is 0.104. The minimum Gasteiger partial charge on any atom is -0.384 e. The zero-order valence-electron chi connectivity index (χ0n) is 9.14. The summed E-state index contributed by atoms with van der Waals surface area (Å²) >= 11 is 0. The van der Waals surface area contributed by atoms with Crippen molar-refractivity contribution in [1.29, 1.82) is 0 Å². The Morgan fingerprint density at radius 3 is 3.06 bits per heavy atom. The third kappa shape index (κ3) is 2.25. The van der Waals surface area contributed by atoms with E-state index in [1.165, 1.54) is 0 Å². The molecule has 0 atom stereocenters. The van der Waals surface area contributed by atoms with Gasteiger partial charge < -0.3 is 4.74 Å². The lowest BCUT2D eigenvalue weighted by atomic mass is 10.1. The van der Waals surface area contributed by atoms with E-state index in [0.29, 0.717) is 13.0 Å². The molecule has 16 heavy (non-hydrogen) atoms. The molecule has 1 aromatic heterocycles. The van der Waals surface area contributed by atoms with Crippen molar-refractivity contribution in [3.63, 3.8) is 0 Å². The Hall–Kier alpha value is -1.74. The molecule has 0 fully saturated rings. The first-order chi connectivity index (χ1) is 7.81. The van der Waals surface area contributed by atoms with Gasteiger partial charge in [0.15, 0.2) is 5.78 Å². The van der Waals surface area contributed by atoms with Crippen molar-refractivity contribution in [2.24, 2.45) is 0 Å². The molecular weight excluding hydrogens is 202 g/mol. The Morgan fingerprint density at radius 2 is 2.25 bits per heavy atom. The van der Waals surface area contributed by atoms with Crippen molar-refractivity contribution in [2.75, 3.05) is 13.7 Å². The highest BCUT2D eigenvalue weighted by Crippen LogP contribution is 2.14. The van der Waals surface area contributed by atoms with Crippen LogP contribution < -0.4 is 0 Å². The van der Waals surface area contributed by atoms with E-state index in [1.54, 1.807) is 13.3 Å². The van der Waals surface area contributed by atoms with E-state index >= 15 is 0 Å². The van der Waals surface area contributed by atoms with Gasteiger partial charge in [0.25, 0.3) is 0 Å². The molecule has 3 heteroatoms. The molecule has 0 amide bonds. The van der Waals surface area contributed by atoms with E-state index in [0.717, 1.165) is 16.5 Å². The van der Waals surface area contributed by atoms with Crippen molar-refractivity contribution in [2.45, 2.75) is 6.42 Å². The van der Waals surface area contributed by atoms with Crippen LogP contribution in [0.25, 0.3) is 10.9 Å². The molecule has 82 valence electrons. The molecule has 1 heterocycles. The van der Waals surface area contributed by atoms with Gasteiger partial charge in [0.2, 0.25) is 0 Å². The first-order valence-electron chi connectivity index (χ1n) is 5.18. The maximum absolute atomic E-state index is 11.7. The lowest BCUT2D eigenvalue weighted by Gasteiger charge is -2.02. The standard InChI is InChI=1S/C13H13NO2/c1-16-8-6-13(15)11-4-5-12-10(9-11)3-2-7-14-12/h2-5,7,9H,6,8H2,1H3. The Kier molecular flexibility index (Phi) is 3.27. The summed E-state index contributed by atoms with van der Waals surface area (Å²) in [6.45, 7) is 0.462. The molecular formula is C13H13NO2. The van der Waals surface area contributed by atoms with Crippen LogP contribution in [0.15, 0.2) is 36.5 Å². The number of carbonyl (C=O) groups excluding carboxylic acids is 1. The summed E-state index contributed by atoms with van der Waals surface area (Å²) < 4.78 is 4.89. The quantitative estimate of drug-likeness (QED) is 0.735. The second kappa shape index (κ2) is 4.86. The molecule has 2 rings (SSSR count). The summed E-state index contributed by atoms with van der Waals surface area (Å²) in [5.74, 6) is 0.104. The predicted molar refractivity (Wildman–Crippen MR) is 62.6 cm³/mol. The third-order valence-electron chi connectivity index (χ3n) is 2.46. The highest BCUT2D eigenvalue weighted by molar-refractivity contribution is 5.99. The first kappa shape index (κ1) is 10.8. The smallest absolute Gasteiger partial charge is 0.165 e. The highest BCUT2D eigenvalue weighted by atomic mass is 16.5. The molecule has 3 nitrogen and oxygen atoms in total. The number of hydrogen-bond donors (Lipinski definition) is 0. The maximum Gasteiger partial charge on any atom is 0.165 e. The van der Waals surface area contributed by atoms with Crippen LogP contribution >= 0.6 is 0 Å². The minimum atomic E-state index is 0.104. The molecule has 0 spiro atoms. The molecule has 0 aliphatic carbocycles. The summed E-state index contributed by atoms with van der Waals surface area (Å²) in [5.41, 5.74) is 1.63. The molecule has 2 aromatic rings. The van der Waals surface area contributed by atoms with Crippen molar-refractivity contribution in [3.8, 4) is 0 Å². The molecule has 0 unspecified atom stereocenters. The zero-order chi connectivity index (χ0) is 11.4. The van der Waals surface area contributed by atoms with E-state index in [4.69, 9.17) is 4.74 Å². The molecule has 0 radical (unpaired) electrons. The molecule has 0 bridgehead atoms. The van der Waals surface area contributed by atoms with Gasteiger partial charge in [-0.2, -0.15) is 0 Å². The fraction of sp³-hybridized carbons (Fsp3) is 0.231. The lowest BCUT2D eigenvalue weighted by molar-refractivity contribution is 0.0932. The second-order valence-corrected chi connectivity index (χ2v) is 3.58. The Morgan fingerprint density at radius 1 is 1.38 bits per heavy atom. The van der Waals surface area contributed by atoms with Crippen LogP contribution in [-0.2, 0) is 4.74 Å². The number of methoxy groups -OCH3 is 1. The van der Waals surface area contributed by atoms with Gasteiger partial charge in [-0.3, -0.25) is 9.78 Å². The van der Waals surface area contributed by atoms with Gasteiger partial charge in [-0.05, 0) is 24.3 Å². The van der Waals surface area contributed by atoms with Gasteiger partial charge in [-0.25, -0.2) is 0 Å². The van der Waals surface area contributed by atoms with Crippen LogP contribution in [0, 0.1) is 0 Å². The first-order valence-corrected chi connectivity index (χ1v) is 5.18. The number of benzene rings is 1. The van der Waals surface area contributed by atoms with Crippen LogP contribution in [-0.4, -0.2) is 24.5 Å². The van der Waals surface area contributed by atoms with E-state index in [-0.39, 0.29) is 5.78 Å². The summed E-state index contributed by atoms with van der Waals surface area (Å²) in [6, 6.07) is 9.38. The Labute approximate surface area is 94.1 Å². The van der Waals surface area contributed by atoms with E-state index in [1.807, 2.05) is 30.3 Å². The van der Waals surface area contributed by atoms with Gasteiger partial charge in [0.05, 0.1) is 12.1 Å². The predicted octanol–water partition coefficient (Wildman–Crippen LogP) is 2.45. The molecule has 0 aliphatic heterocycles. The van der Waals surface area contributed by atoms with Crippen molar-refractivity contribution >= 4 is 16.7 Å². The monoisotopic (exact) mass is 215 g/mol. The third-order valence-corrected chi connectivity index (χ3v) is 2.46. The van der Waals surface area contributed by atoms with Crippen LogP contribution in [0.5, 0.6) is 0 Å².